The summed E-state index contributed by atoms with van der Waals surface area (Å²) in [5.74, 6) is 0.416. The lowest BCUT2D eigenvalue weighted by Gasteiger charge is -2.30. The summed E-state index contributed by atoms with van der Waals surface area (Å²) in [5.41, 5.74) is 0.607. The molecule has 0 amide bonds. The first kappa shape index (κ1) is 20.5. The van der Waals surface area contributed by atoms with Crippen LogP contribution in [0.5, 0.6) is 5.88 Å². The van der Waals surface area contributed by atoms with Crippen molar-refractivity contribution in [1.82, 2.24) is 23.8 Å². The number of rotatable bonds is 6. The lowest BCUT2D eigenvalue weighted by atomic mass is 10.1. The molecule has 1 aliphatic rings. The van der Waals surface area contributed by atoms with Gasteiger partial charge in [0.15, 0.2) is 5.65 Å². The van der Waals surface area contributed by atoms with Crippen LogP contribution in [0, 0.1) is 0 Å². The average molecular weight is 411 g/mol. The molecule has 0 bridgehead atoms. The van der Waals surface area contributed by atoms with Gasteiger partial charge in [0, 0.05) is 25.2 Å². The van der Waals surface area contributed by atoms with Crippen LogP contribution in [0.2, 0.25) is 0 Å². The van der Waals surface area contributed by atoms with E-state index in [0.717, 1.165) is 6.42 Å². The Morgan fingerprint density at radius 1 is 1.32 bits per heavy atom. The van der Waals surface area contributed by atoms with Crippen molar-refractivity contribution in [1.29, 1.82) is 0 Å². The number of ether oxygens (including phenoxy) is 1. The third-order valence-electron chi connectivity index (χ3n) is 5.08. The number of nitrogens with zero attached hydrogens (tertiary/aromatic N) is 5. The highest BCUT2D eigenvalue weighted by Crippen LogP contribution is 2.20. The zero-order chi connectivity index (χ0) is 20.5. The van der Waals surface area contributed by atoms with Gasteiger partial charge in [-0.2, -0.15) is 4.98 Å². The number of nitrogens with one attached hydrogen (secondary N) is 1. The summed E-state index contributed by atoms with van der Waals surface area (Å²) in [6.45, 7) is 4.85. The van der Waals surface area contributed by atoms with Gasteiger partial charge in [0.25, 0.3) is 5.88 Å². The van der Waals surface area contributed by atoms with Gasteiger partial charge in [0.05, 0.1) is 19.6 Å². The number of aromatic nitrogens is 4. The van der Waals surface area contributed by atoms with E-state index in [1.165, 1.54) is 17.7 Å². The highest BCUT2D eigenvalue weighted by Gasteiger charge is 2.25. The summed E-state index contributed by atoms with van der Waals surface area (Å²) in [6, 6.07) is -0.0157. The zero-order valence-electron chi connectivity index (χ0n) is 16.5. The van der Waals surface area contributed by atoms with E-state index in [4.69, 9.17) is 4.74 Å². The maximum atomic E-state index is 12.7. The van der Waals surface area contributed by atoms with E-state index in [-0.39, 0.29) is 23.5 Å². The summed E-state index contributed by atoms with van der Waals surface area (Å²) in [6.07, 6.45) is 4.86. The lowest BCUT2D eigenvalue weighted by molar-refractivity contribution is 0.331. The molecule has 11 heteroatoms. The van der Waals surface area contributed by atoms with E-state index >= 15 is 0 Å². The minimum Gasteiger partial charge on any atom is -0.477 e. The van der Waals surface area contributed by atoms with Gasteiger partial charge in [-0.1, -0.05) is 6.92 Å². The second-order valence-electron chi connectivity index (χ2n) is 7.04. The Morgan fingerprint density at radius 3 is 2.57 bits per heavy atom. The van der Waals surface area contributed by atoms with Crippen LogP contribution in [0.3, 0.4) is 0 Å². The van der Waals surface area contributed by atoms with Crippen LogP contribution in [-0.4, -0.2) is 64.7 Å². The third kappa shape index (κ3) is 4.09. The first-order valence-corrected chi connectivity index (χ1v) is 11.1. The molecule has 0 spiro atoms. The van der Waals surface area contributed by atoms with E-state index in [1.54, 1.807) is 10.8 Å². The molecule has 1 atom stereocenters. The monoisotopic (exact) mass is 410 g/mol. The van der Waals surface area contributed by atoms with Gasteiger partial charge >= 0.3 is 5.56 Å². The lowest BCUT2D eigenvalue weighted by Crippen LogP contribution is -2.42. The number of fused-ring (bicyclic) bond motifs is 1. The molecule has 3 rings (SSSR count). The van der Waals surface area contributed by atoms with Crippen molar-refractivity contribution in [3.8, 4) is 5.88 Å². The Hall–Kier alpha value is -2.27. The van der Waals surface area contributed by atoms with Gasteiger partial charge in [0.1, 0.15) is 5.52 Å². The Kier molecular flexibility index (Phi) is 5.84. The van der Waals surface area contributed by atoms with E-state index in [9.17, 15) is 13.2 Å². The molecule has 1 fully saturated rings. The van der Waals surface area contributed by atoms with Crippen LogP contribution in [0.25, 0.3) is 11.2 Å². The smallest absolute Gasteiger partial charge is 0.315 e. The van der Waals surface area contributed by atoms with Gasteiger partial charge < -0.3 is 10.1 Å². The van der Waals surface area contributed by atoms with Gasteiger partial charge in [-0.3, -0.25) is 9.36 Å². The van der Waals surface area contributed by atoms with E-state index < -0.39 is 10.0 Å². The van der Waals surface area contributed by atoms with Crippen molar-refractivity contribution in [2.45, 2.75) is 45.2 Å². The number of methoxy groups -OCH3 is 1. The summed E-state index contributed by atoms with van der Waals surface area (Å²) < 4.78 is 31.5. The maximum absolute atomic E-state index is 12.7. The van der Waals surface area contributed by atoms with Gasteiger partial charge in [-0.05, 0) is 26.2 Å². The largest absolute Gasteiger partial charge is 0.477 e. The van der Waals surface area contributed by atoms with E-state index in [2.05, 4.69) is 20.3 Å². The van der Waals surface area contributed by atoms with Crippen LogP contribution >= 0.6 is 0 Å². The second kappa shape index (κ2) is 8.00. The SMILES string of the molecule is CCC(C)n1c(=O)c(OC)nc2cnc(NC3CCN(S(C)(=O)=O)CC3)nc21. The normalized spacial score (nSPS) is 17.6. The molecule has 0 aliphatic carbocycles. The molecule has 1 unspecified atom stereocenters. The van der Waals surface area contributed by atoms with Crippen molar-refractivity contribution < 1.29 is 13.2 Å². The van der Waals surface area contributed by atoms with Crippen LogP contribution in [0.4, 0.5) is 5.95 Å². The molecule has 1 saturated heterocycles. The summed E-state index contributed by atoms with van der Waals surface area (Å²) in [7, 11) is -1.75. The number of anilines is 1. The number of piperidine rings is 1. The quantitative estimate of drug-likeness (QED) is 0.749. The van der Waals surface area contributed by atoms with Crippen molar-refractivity contribution in [3.63, 3.8) is 0 Å². The third-order valence-corrected chi connectivity index (χ3v) is 6.39. The Morgan fingerprint density at radius 2 is 2.00 bits per heavy atom. The van der Waals surface area contributed by atoms with Gasteiger partial charge in [0.2, 0.25) is 16.0 Å². The maximum Gasteiger partial charge on any atom is 0.315 e. The minimum atomic E-state index is -3.16. The molecule has 2 aromatic heterocycles. The summed E-state index contributed by atoms with van der Waals surface area (Å²) in [4.78, 5) is 25.7. The molecule has 0 saturated carbocycles. The van der Waals surface area contributed by atoms with Crippen LogP contribution in [0.15, 0.2) is 11.0 Å². The molecular weight excluding hydrogens is 384 g/mol. The highest BCUT2D eigenvalue weighted by molar-refractivity contribution is 7.88. The predicted molar refractivity (Wildman–Crippen MR) is 106 cm³/mol. The number of hydrogen-bond donors (Lipinski definition) is 1. The van der Waals surface area contributed by atoms with E-state index in [1.807, 2.05) is 13.8 Å². The molecule has 3 heterocycles. The zero-order valence-corrected chi connectivity index (χ0v) is 17.4. The fourth-order valence-corrected chi connectivity index (χ4v) is 4.16. The van der Waals surface area contributed by atoms with Crippen molar-refractivity contribution in [3.05, 3.63) is 16.6 Å². The topological polar surface area (TPSA) is 119 Å². The predicted octanol–water partition coefficient (Wildman–Crippen LogP) is 1.00. The molecule has 0 radical (unpaired) electrons. The van der Waals surface area contributed by atoms with Crippen molar-refractivity contribution >= 4 is 27.1 Å². The minimum absolute atomic E-state index is 0.0188. The molecule has 10 nitrogen and oxygen atoms in total. The van der Waals surface area contributed by atoms with Crippen molar-refractivity contribution in [2.24, 2.45) is 0 Å². The summed E-state index contributed by atoms with van der Waals surface area (Å²) in [5, 5.41) is 3.26. The molecule has 1 N–H and O–H groups in total. The molecule has 2 aromatic rings. The van der Waals surface area contributed by atoms with Gasteiger partial charge in [-0.15, -0.1) is 0 Å². The standard InChI is InChI=1S/C17H26N6O4S/c1-5-11(2)23-14-13(20-15(27-3)16(23)24)10-18-17(21-14)19-12-6-8-22(9-7-12)28(4,25)26/h10-12H,5-9H2,1-4H3,(H,18,19,21). The number of hydrogen-bond acceptors (Lipinski definition) is 8. The molecule has 0 aromatic carbocycles. The average Bonchev–Trinajstić information content (AvgIpc) is 2.66. The number of sulfonamides is 1. The van der Waals surface area contributed by atoms with Crippen molar-refractivity contribution in [2.75, 3.05) is 31.8 Å². The Bertz CT molecular complexity index is 1010. The van der Waals surface area contributed by atoms with Crippen LogP contribution < -0.4 is 15.6 Å². The molecule has 28 heavy (non-hydrogen) atoms. The summed E-state index contributed by atoms with van der Waals surface area (Å²) >= 11 is 0. The molecule has 154 valence electrons. The fraction of sp³-hybridized carbons (Fsp3) is 0.647. The Labute approximate surface area is 164 Å². The first-order valence-electron chi connectivity index (χ1n) is 9.29. The first-order chi connectivity index (χ1) is 13.2. The van der Waals surface area contributed by atoms with Crippen LogP contribution in [-0.2, 0) is 10.0 Å². The molecular formula is C17H26N6O4S. The second-order valence-corrected chi connectivity index (χ2v) is 9.02. The van der Waals surface area contributed by atoms with Gasteiger partial charge in [-0.25, -0.2) is 22.7 Å². The molecule has 1 aliphatic heterocycles. The van der Waals surface area contributed by atoms with E-state index in [0.29, 0.717) is 43.0 Å². The highest BCUT2D eigenvalue weighted by atomic mass is 32.2. The fourth-order valence-electron chi connectivity index (χ4n) is 3.29. The van der Waals surface area contributed by atoms with Crippen LogP contribution in [0.1, 0.15) is 39.2 Å². The Balaban J connectivity index is 1.89.